The number of primary amides is 1. The Morgan fingerprint density at radius 3 is 2.31 bits per heavy atom. The summed E-state index contributed by atoms with van der Waals surface area (Å²) in [5, 5.41) is 21.8. The van der Waals surface area contributed by atoms with E-state index < -0.39 is 0 Å². The molecule has 36 heavy (non-hydrogen) atoms. The normalized spacial score (nSPS) is 45.9. The minimum atomic E-state index is -0.234. The van der Waals surface area contributed by atoms with Gasteiger partial charge in [0.2, 0.25) is 11.8 Å². The van der Waals surface area contributed by atoms with E-state index in [4.69, 9.17) is 5.73 Å². The summed E-state index contributed by atoms with van der Waals surface area (Å²) in [7, 11) is 0. The van der Waals surface area contributed by atoms with Crippen LogP contribution >= 0.6 is 0 Å². The van der Waals surface area contributed by atoms with E-state index in [1.165, 1.54) is 25.7 Å². The van der Waals surface area contributed by atoms with Crippen LogP contribution in [0.25, 0.3) is 0 Å². The Balaban J connectivity index is 1.21. The molecule has 1 aliphatic heterocycles. The van der Waals surface area contributed by atoms with Gasteiger partial charge in [0.1, 0.15) is 0 Å². The van der Waals surface area contributed by atoms with Crippen molar-refractivity contribution in [2.24, 2.45) is 58.0 Å². The third-order valence-corrected chi connectivity index (χ3v) is 12.5. The molecule has 4 saturated carbocycles. The number of carbonyl (C=O) groups excluding carboxylic acids is 2. The lowest BCUT2D eigenvalue weighted by molar-refractivity contribution is -0.174. The van der Waals surface area contributed by atoms with Gasteiger partial charge >= 0.3 is 0 Å². The number of likely N-dealkylation sites (tertiary alicyclic amines) is 1. The molecule has 0 bridgehead atoms. The summed E-state index contributed by atoms with van der Waals surface area (Å²) in [5.74, 6) is 3.04. The lowest BCUT2D eigenvalue weighted by Crippen LogP contribution is -2.58. The number of hydrogen-bond acceptors (Lipinski definition) is 4. The molecule has 0 radical (unpaired) electrons. The van der Waals surface area contributed by atoms with Crippen LogP contribution in [0.1, 0.15) is 97.8 Å². The summed E-state index contributed by atoms with van der Waals surface area (Å²) in [6.07, 6.45) is 11.1. The Labute approximate surface area is 217 Å². The minimum Gasteiger partial charge on any atom is -0.393 e. The number of nitrogens with two attached hydrogens (primary N) is 1. The predicted molar refractivity (Wildman–Crippen MR) is 140 cm³/mol. The maximum atomic E-state index is 12.9. The van der Waals surface area contributed by atoms with Crippen molar-refractivity contribution in [2.45, 2.75) is 110 Å². The van der Waals surface area contributed by atoms with E-state index in [0.29, 0.717) is 67.9 Å². The first-order valence-electron chi connectivity index (χ1n) is 15.0. The fraction of sp³-hybridized carbons (Fsp3) is 0.933. The van der Waals surface area contributed by atoms with Crippen LogP contribution in [0.5, 0.6) is 0 Å². The predicted octanol–water partition coefficient (Wildman–Crippen LogP) is 4.12. The Kier molecular flexibility index (Phi) is 7.26. The summed E-state index contributed by atoms with van der Waals surface area (Å²) < 4.78 is 0. The Hall–Kier alpha value is -1.14. The topological polar surface area (TPSA) is 104 Å². The molecular weight excluding hydrogens is 452 g/mol. The van der Waals surface area contributed by atoms with Crippen molar-refractivity contribution in [3.63, 3.8) is 0 Å². The van der Waals surface area contributed by atoms with E-state index in [1.54, 1.807) is 0 Å². The molecule has 0 aromatic heterocycles. The molecule has 6 nitrogen and oxygen atoms in total. The van der Waals surface area contributed by atoms with Gasteiger partial charge in [0.25, 0.3) is 0 Å². The zero-order chi connectivity index (χ0) is 25.8. The molecule has 0 unspecified atom stereocenters. The molecule has 4 aliphatic carbocycles. The molecule has 5 aliphatic rings. The quantitative estimate of drug-likeness (QED) is 0.526. The number of nitrogens with zero attached hydrogens (tertiary/aromatic N) is 1. The van der Waals surface area contributed by atoms with E-state index in [2.05, 4.69) is 20.8 Å². The van der Waals surface area contributed by atoms with E-state index in [-0.39, 0.29) is 40.8 Å². The number of piperidine rings is 1. The van der Waals surface area contributed by atoms with Crippen LogP contribution < -0.4 is 5.73 Å². The van der Waals surface area contributed by atoms with Gasteiger partial charge in [-0.2, -0.15) is 0 Å². The molecule has 5 rings (SSSR count). The first-order valence-corrected chi connectivity index (χ1v) is 15.0. The second-order valence-electron chi connectivity index (χ2n) is 14.0. The van der Waals surface area contributed by atoms with Crippen LogP contribution in [0, 0.1) is 52.3 Å². The van der Waals surface area contributed by atoms with Crippen LogP contribution in [-0.2, 0) is 9.59 Å². The van der Waals surface area contributed by atoms with Gasteiger partial charge in [-0.1, -0.05) is 20.8 Å². The van der Waals surface area contributed by atoms with Crippen LogP contribution in [0.4, 0.5) is 0 Å². The number of carbonyl (C=O) groups is 2. The van der Waals surface area contributed by atoms with Gasteiger partial charge < -0.3 is 20.8 Å². The number of hydrogen-bond donors (Lipinski definition) is 3. The SMILES string of the molecule is C[C@@H](CCC(=O)N1CCC(C(N)=O)CC1)[C@@H]1CC[C@@H]2[C@H]3[C@H](O)C[C@H]4C[C@@H](O)CC[C@@]4(C)[C@@H]3CC[C@]21C. The number of amides is 2. The molecule has 0 aromatic carbocycles. The largest absolute Gasteiger partial charge is 0.393 e. The van der Waals surface area contributed by atoms with Crippen LogP contribution in [-0.4, -0.2) is 52.2 Å². The fourth-order valence-corrected chi connectivity index (χ4v) is 10.3. The summed E-state index contributed by atoms with van der Waals surface area (Å²) in [6, 6.07) is 0. The molecule has 1 heterocycles. The van der Waals surface area contributed by atoms with Gasteiger partial charge in [0.05, 0.1) is 12.2 Å². The van der Waals surface area contributed by atoms with Crippen molar-refractivity contribution >= 4 is 11.8 Å². The monoisotopic (exact) mass is 502 g/mol. The molecule has 6 heteroatoms. The maximum absolute atomic E-state index is 12.9. The lowest BCUT2D eigenvalue weighted by Gasteiger charge is -2.62. The molecule has 2 amide bonds. The third-order valence-electron chi connectivity index (χ3n) is 12.5. The van der Waals surface area contributed by atoms with Gasteiger partial charge in [0, 0.05) is 25.4 Å². The zero-order valence-electron chi connectivity index (χ0n) is 22.8. The van der Waals surface area contributed by atoms with Crippen molar-refractivity contribution in [3.8, 4) is 0 Å². The highest BCUT2D eigenvalue weighted by Gasteiger charge is 2.62. The average Bonchev–Trinajstić information content (AvgIpc) is 3.20. The standard InChI is InChI=1S/C30H50N2O4/c1-18(4-7-26(35)32-14-10-19(11-15-32)28(31)36)22-5-6-23-27-24(9-13-30(22,23)3)29(2)12-8-21(33)16-20(29)17-25(27)34/h18-25,27,33-34H,4-17H2,1-3H3,(H2,31,36)/t18-,20+,21-,22-,23+,24+,25+,27+,29+,30-/m0/s1. The second-order valence-corrected chi connectivity index (χ2v) is 14.0. The number of aliphatic hydroxyl groups excluding tert-OH is 2. The van der Waals surface area contributed by atoms with E-state index in [1.807, 2.05) is 4.90 Å². The highest BCUT2D eigenvalue weighted by molar-refractivity contribution is 5.78. The van der Waals surface area contributed by atoms with Crippen LogP contribution in [0.2, 0.25) is 0 Å². The molecule has 10 atom stereocenters. The summed E-state index contributed by atoms with van der Waals surface area (Å²) in [5.41, 5.74) is 5.97. The highest BCUT2D eigenvalue weighted by atomic mass is 16.3. The number of aliphatic hydroxyl groups is 2. The van der Waals surface area contributed by atoms with Crippen molar-refractivity contribution in [1.29, 1.82) is 0 Å². The first-order chi connectivity index (χ1) is 17.0. The zero-order valence-corrected chi connectivity index (χ0v) is 22.8. The van der Waals surface area contributed by atoms with Crippen molar-refractivity contribution in [3.05, 3.63) is 0 Å². The fourth-order valence-electron chi connectivity index (χ4n) is 10.3. The molecule has 4 N–H and O–H groups in total. The molecule has 204 valence electrons. The van der Waals surface area contributed by atoms with Gasteiger partial charge in [-0.25, -0.2) is 0 Å². The van der Waals surface area contributed by atoms with Crippen molar-refractivity contribution in [1.82, 2.24) is 4.90 Å². The van der Waals surface area contributed by atoms with Gasteiger partial charge in [-0.05, 0) is 117 Å². The average molecular weight is 503 g/mol. The first kappa shape index (κ1) is 26.5. The van der Waals surface area contributed by atoms with Gasteiger partial charge in [-0.3, -0.25) is 9.59 Å². The Morgan fingerprint density at radius 2 is 1.61 bits per heavy atom. The van der Waals surface area contributed by atoms with Crippen LogP contribution in [0.15, 0.2) is 0 Å². The number of rotatable bonds is 5. The Morgan fingerprint density at radius 1 is 0.944 bits per heavy atom. The summed E-state index contributed by atoms with van der Waals surface area (Å²) >= 11 is 0. The Bertz CT molecular complexity index is 841. The third kappa shape index (κ3) is 4.42. The van der Waals surface area contributed by atoms with Crippen LogP contribution in [0.3, 0.4) is 0 Å². The van der Waals surface area contributed by atoms with E-state index in [9.17, 15) is 19.8 Å². The van der Waals surface area contributed by atoms with Gasteiger partial charge in [-0.15, -0.1) is 0 Å². The molecule has 0 spiro atoms. The molecule has 5 fully saturated rings. The van der Waals surface area contributed by atoms with Gasteiger partial charge in [0.15, 0.2) is 0 Å². The molecule has 0 aromatic rings. The van der Waals surface area contributed by atoms with Crippen molar-refractivity contribution in [2.75, 3.05) is 13.1 Å². The lowest BCUT2D eigenvalue weighted by atomic mass is 9.43. The molecule has 1 saturated heterocycles. The number of fused-ring (bicyclic) bond motifs is 5. The van der Waals surface area contributed by atoms with Crippen molar-refractivity contribution < 1.29 is 19.8 Å². The highest BCUT2D eigenvalue weighted by Crippen LogP contribution is 2.68. The maximum Gasteiger partial charge on any atom is 0.222 e. The molecular formula is C30H50N2O4. The summed E-state index contributed by atoms with van der Waals surface area (Å²) in [6.45, 7) is 8.64. The smallest absolute Gasteiger partial charge is 0.222 e. The van der Waals surface area contributed by atoms with E-state index >= 15 is 0 Å². The summed E-state index contributed by atoms with van der Waals surface area (Å²) in [4.78, 5) is 26.3. The second kappa shape index (κ2) is 9.87. The minimum absolute atomic E-state index is 0.0789. The van der Waals surface area contributed by atoms with E-state index in [0.717, 1.165) is 32.1 Å².